The Labute approximate surface area is 198 Å². The monoisotopic (exact) mass is 488 g/mol. The van der Waals surface area contributed by atoms with Crippen molar-refractivity contribution in [3.8, 4) is 6.07 Å². The Morgan fingerprint density at radius 2 is 2.06 bits per heavy atom. The van der Waals surface area contributed by atoms with E-state index in [0.717, 1.165) is 52.3 Å². The molecule has 10 heteroatoms. The van der Waals surface area contributed by atoms with Gasteiger partial charge in [0, 0.05) is 22.2 Å². The number of anilines is 1. The molecule has 0 aromatic carbocycles. The lowest BCUT2D eigenvalue weighted by atomic mass is 10.2. The van der Waals surface area contributed by atoms with Crippen LogP contribution in [0.5, 0.6) is 0 Å². The largest absolute Gasteiger partial charge is 0.462 e. The van der Waals surface area contributed by atoms with Gasteiger partial charge in [0.2, 0.25) is 0 Å². The van der Waals surface area contributed by atoms with Crippen LogP contribution in [0.4, 0.5) is 5.00 Å². The van der Waals surface area contributed by atoms with Gasteiger partial charge in [-0.2, -0.15) is 5.26 Å². The Morgan fingerprint density at radius 1 is 1.34 bits per heavy atom. The SMILES string of the molecule is CCOC(=O)c1sc(N)c(C#N)c1CSc1nc2sc(C)c(C)c2c(=O)n1C1CCCC1. The number of ether oxygens (including phenoxy) is 1. The molecule has 0 amide bonds. The fourth-order valence-electron chi connectivity index (χ4n) is 4.12. The van der Waals surface area contributed by atoms with Crippen molar-refractivity contribution in [3.63, 3.8) is 0 Å². The van der Waals surface area contributed by atoms with Gasteiger partial charge in [-0.15, -0.1) is 22.7 Å². The van der Waals surface area contributed by atoms with Crippen LogP contribution in [0.25, 0.3) is 10.2 Å². The third-order valence-corrected chi connectivity index (χ3v) is 8.97. The Bertz CT molecular complexity index is 1290. The quantitative estimate of drug-likeness (QED) is 0.289. The summed E-state index contributed by atoms with van der Waals surface area (Å²) in [6.07, 6.45) is 4.08. The van der Waals surface area contributed by atoms with E-state index in [2.05, 4.69) is 6.07 Å². The van der Waals surface area contributed by atoms with Crippen molar-refractivity contribution in [1.82, 2.24) is 9.55 Å². The molecule has 1 saturated carbocycles. The minimum Gasteiger partial charge on any atom is -0.462 e. The number of nitrogens with two attached hydrogens (primary N) is 1. The molecule has 4 rings (SSSR count). The molecule has 1 aliphatic rings. The fraction of sp³-hybridized carbons (Fsp3) is 0.455. The number of hydrogen-bond acceptors (Lipinski definition) is 9. The highest BCUT2D eigenvalue weighted by molar-refractivity contribution is 7.98. The lowest BCUT2D eigenvalue weighted by Gasteiger charge is -2.18. The zero-order valence-corrected chi connectivity index (χ0v) is 20.6. The summed E-state index contributed by atoms with van der Waals surface area (Å²) in [7, 11) is 0. The van der Waals surface area contributed by atoms with E-state index in [9.17, 15) is 14.9 Å². The Morgan fingerprint density at radius 3 is 2.72 bits per heavy atom. The number of carbonyl (C=O) groups excluding carboxylic acids is 1. The second-order valence-corrected chi connectivity index (χ2v) is 10.9. The Balaban J connectivity index is 1.79. The number of carbonyl (C=O) groups is 1. The predicted molar refractivity (Wildman–Crippen MR) is 130 cm³/mol. The van der Waals surface area contributed by atoms with Crippen molar-refractivity contribution < 1.29 is 9.53 Å². The molecule has 7 nitrogen and oxygen atoms in total. The molecular weight excluding hydrogens is 464 g/mol. The van der Waals surface area contributed by atoms with Gasteiger partial charge in [-0.3, -0.25) is 9.36 Å². The number of aromatic nitrogens is 2. The van der Waals surface area contributed by atoms with Crippen molar-refractivity contribution in [2.24, 2.45) is 0 Å². The van der Waals surface area contributed by atoms with Gasteiger partial charge in [-0.05, 0) is 39.2 Å². The fourth-order valence-corrected chi connectivity index (χ4v) is 7.31. The molecule has 0 unspecified atom stereocenters. The van der Waals surface area contributed by atoms with Gasteiger partial charge >= 0.3 is 5.97 Å². The predicted octanol–water partition coefficient (Wildman–Crippen LogP) is 5.17. The third-order valence-electron chi connectivity index (χ3n) is 5.85. The molecule has 0 bridgehead atoms. The topological polar surface area (TPSA) is 111 Å². The molecule has 3 heterocycles. The van der Waals surface area contributed by atoms with E-state index in [0.29, 0.717) is 37.3 Å². The van der Waals surface area contributed by atoms with E-state index in [1.165, 1.54) is 23.1 Å². The van der Waals surface area contributed by atoms with E-state index >= 15 is 0 Å². The van der Waals surface area contributed by atoms with Crippen LogP contribution in [0.15, 0.2) is 9.95 Å². The third kappa shape index (κ3) is 3.93. The van der Waals surface area contributed by atoms with Crippen LogP contribution >= 0.6 is 34.4 Å². The standard InChI is InChI=1S/C22H24N4O3S3/c1-4-29-21(28)17-15(14(9-23)18(24)32-17)10-30-22-25-19-16(11(2)12(3)31-19)20(27)26(22)13-7-5-6-8-13/h13H,4-8,10,24H2,1-3H3. The summed E-state index contributed by atoms with van der Waals surface area (Å²) in [4.78, 5) is 33.0. The highest BCUT2D eigenvalue weighted by Crippen LogP contribution is 2.38. The first kappa shape index (κ1) is 22.8. The van der Waals surface area contributed by atoms with Crippen LogP contribution in [0, 0.1) is 25.2 Å². The lowest BCUT2D eigenvalue weighted by molar-refractivity contribution is 0.0531. The molecule has 1 aliphatic carbocycles. The zero-order valence-electron chi connectivity index (χ0n) is 18.2. The van der Waals surface area contributed by atoms with E-state index in [1.54, 1.807) is 6.92 Å². The van der Waals surface area contributed by atoms with E-state index in [4.69, 9.17) is 15.5 Å². The van der Waals surface area contributed by atoms with Gasteiger partial charge < -0.3 is 10.5 Å². The van der Waals surface area contributed by atoms with Crippen molar-refractivity contribution >= 4 is 55.6 Å². The highest BCUT2D eigenvalue weighted by Gasteiger charge is 2.27. The number of thiophene rings is 2. The van der Waals surface area contributed by atoms with Gasteiger partial charge in [-0.1, -0.05) is 24.6 Å². The summed E-state index contributed by atoms with van der Waals surface area (Å²) in [5.74, 6) is -0.180. The maximum atomic E-state index is 13.5. The molecule has 0 saturated heterocycles. The summed E-state index contributed by atoms with van der Waals surface area (Å²) in [6, 6.07) is 2.24. The van der Waals surface area contributed by atoms with E-state index < -0.39 is 5.97 Å². The number of aryl methyl sites for hydroxylation is 2. The van der Waals surface area contributed by atoms with Crippen LogP contribution in [0.1, 0.15) is 69.9 Å². The van der Waals surface area contributed by atoms with Crippen molar-refractivity contribution in [3.05, 3.63) is 36.8 Å². The number of nitriles is 1. The average Bonchev–Trinajstić information content (AvgIpc) is 3.45. The molecular formula is C22H24N4O3S3. The van der Waals surface area contributed by atoms with E-state index in [1.807, 2.05) is 18.4 Å². The number of nitrogens with zero attached hydrogens (tertiary/aromatic N) is 3. The minimum atomic E-state index is -0.484. The summed E-state index contributed by atoms with van der Waals surface area (Å²) < 4.78 is 7.00. The molecule has 0 spiro atoms. The molecule has 0 aliphatic heterocycles. The number of nitrogen functional groups attached to an aromatic ring is 1. The summed E-state index contributed by atoms with van der Waals surface area (Å²) in [5, 5.41) is 11.2. The summed E-state index contributed by atoms with van der Waals surface area (Å²) >= 11 is 3.97. The Kier molecular flexibility index (Phi) is 6.60. The average molecular weight is 489 g/mol. The van der Waals surface area contributed by atoms with Crippen LogP contribution in [0.2, 0.25) is 0 Å². The zero-order chi connectivity index (χ0) is 23.0. The lowest BCUT2D eigenvalue weighted by Crippen LogP contribution is -2.26. The molecule has 168 valence electrons. The van der Waals surface area contributed by atoms with Gasteiger partial charge in [0.05, 0.1) is 17.6 Å². The van der Waals surface area contributed by atoms with E-state index in [-0.39, 0.29) is 18.2 Å². The second kappa shape index (κ2) is 9.25. The highest BCUT2D eigenvalue weighted by atomic mass is 32.2. The van der Waals surface area contributed by atoms with Gasteiger partial charge in [0.15, 0.2) is 5.16 Å². The van der Waals surface area contributed by atoms with Crippen LogP contribution in [-0.2, 0) is 10.5 Å². The number of hydrogen-bond donors (Lipinski definition) is 1. The first-order chi connectivity index (χ1) is 15.4. The van der Waals surface area contributed by atoms with Crippen molar-refractivity contribution in [2.45, 2.75) is 63.4 Å². The van der Waals surface area contributed by atoms with Crippen molar-refractivity contribution in [2.75, 3.05) is 12.3 Å². The normalized spacial score (nSPS) is 14.2. The van der Waals surface area contributed by atoms with Crippen LogP contribution < -0.4 is 11.3 Å². The minimum absolute atomic E-state index is 0.00204. The molecule has 0 atom stereocenters. The molecule has 1 fully saturated rings. The van der Waals surface area contributed by atoms with Gasteiger partial charge in [-0.25, -0.2) is 9.78 Å². The molecule has 0 radical (unpaired) electrons. The summed E-state index contributed by atoms with van der Waals surface area (Å²) in [6.45, 7) is 5.95. The Hall–Kier alpha value is -2.35. The maximum Gasteiger partial charge on any atom is 0.348 e. The van der Waals surface area contributed by atoms with Crippen LogP contribution in [-0.4, -0.2) is 22.1 Å². The maximum absolute atomic E-state index is 13.5. The smallest absolute Gasteiger partial charge is 0.348 e. The molecule has 3 aromatic heterocycles. The number of thioether (sulfide) groups is 1. The second-order valence-electron chi connectivity index (χ2n) is 7.74. The van der Waals surface area contributed by atoms with Gasteiger partial charge in [0.1, 0.15) is 20.8 Å². The molecule has 32 heavy (non-hydrogen) atoms. The number of rotatable bonds is 6. The first-order valence-electron chi connectivity index (χ1n) is 10.5. The molecule has 2 N–H and O–H groups in total. The molecule has 3 aromatic rings. The summed E-state index contributed by atoms with van der Waals surface area (Å²) in [5.41, 5.74) is 7.85. The van der Waals surface area contributed by atoms with Gasteiger partial charge in [0.25, 0.3) is 5.56 Å². The number of esters is 1. The number of fused-ring (bicyclic) bond motifs is 1. The van der Waals surface area contributed by atoms with Crippen molar-refractivity contribution in [1.29, 1.82) is 5.26 Å². The van der Waals surface area contributed by atoms with Crippen LogP contribution in [0.3, 0.4) is 0 Å². The first-order valence-corrected chi connectivity index (χ1v) is 13.1.